The summed E-state index contributed by atoms with van der Waals surface area (Å²) >= 11 is 0. The molecule has 388 valence electrons. The topological polar surface area (TPSA) is 336 Å². The van der Waals surface area contributed by atoms with Crippen LogP contribution in [0.5, 0.6) is 0 Å². The Morgan fingerprint density at radius 2 is 1.14 bits per heavy atom. The Labute approximate surface area is 410 Å². The average molecular weight is 1080 g/mol. The van der Waals surface area contributed by atoms with Gasteiger partial charge in [0.05, 0.1) is 38.1 Å². The molecule has 8 aromatic rings. The molecule has 0 saturated carbocycles. The monoisotopic (exact) mass is 1080 g/mol. The lowest BCUT2D eigenvalue weighted by Crippen LogP contribution is -2.30. The number of rotatable bonds is 11. The second-order valence-corrected chi connectivity index (χ2v) is 18.4. The van der Waals surface area contributed by atoms with E-state index in [2.05, 4.69) is 45.3 Å². The van der Waals surface area contributed by atoms with Crippen molar-refractivity contribution in [2.75, 3.05) is 26.7 Å². The minimum atomic E-state index is -3.90. The Morgan fingerprint density at radius 1 is 0.676 bits per heavy atom. The van der Waals surface area contributed by atoms with Gasteiger partial charge in [-0.05, 0) is 54.6 Å². The number of carboxylic acid groups (broad SMARTS) is 1. The fraction of sp³-hybridized carbons (Fsp3) is 0.0952. The van der Waals surface area contributed by atoms with Gasteiger partial charge in [0.25, 0.3) is 0 Å². The number of amidine groups is 1. The van der Waals surface area contributed by atoms with E-state index in [0.29, 0.717) is 7.94 Å². The number of ether oxygens (including phenoxy) is 2. The molecule has 0 atom stereocenters. The van der Waals surface area contributed by atoms with Crippen molar-refractivity contribution >= 4 is 49.5 Å². The molecular weight excluding hydrogens is 1040 g/mol. The van der Waals surface area contributed by atoms with E-state index < -0.39 is 89.9 Å². The molecule has 0 aliphatic heterocycles. The molecule has 0 aliphatic rings. The maximum Gasteiger partial charge on any atom is 0.355 e. The zero-order valence-electron chi connectivity index (χ0n) is 37.9. The number of nitrogens with two attached hydrogens (primary N) is 1. The number of nitrogens with zero attached hydrogens (tertiary/aromatic N) is 7. The van der Waals surface area contributed by atoms with Crippen LogP contribution in [-0.2, 0) is 29.5 Å². The van der Waals surface area contributed by atoms with E-state index in [4.69, 9.17) is 10.9 Å². The highest BCUT2D eigenvalue weighted by atomic mass is 32.2. The van der Waals surface area contributed by atoms with Crippen LogP contribution in [0.2, 0.25) is 0 Å². The van der Waals surface area contributed by atoms with Crippen LogP contribution < -0.4 is 22.6 Å². The largest absolute Gasteiger partial charge is 0.477 e. The first-order valence-electron chi connectivity index (χ1n) is 20.0. The van der Waals surface area contributed by atoms with Crippen molar-refractivity contribution in [2.45, 2.75) is 0 Å². The van der Waals surface area contributed by atoms with Gasteiger partial charge >= 0.3 is 29.3 Å². The van der Waals surface area contributed by atoms with E-state index in [9.17, 15) is 67.2 Å². The van der Waals surface area contributed by atoms with Crippen LogP contribution in [0, 0.1) is 34.9 Å². The van der Waals surface area contributed by atoms with Gasteiger partial charge in [-0.15, -0.1) is 0 Å². The van der Waals surface area contributed by atoms with Crippen molar-refractivity contribution in [1.29, 1.82) is 0 Å². The second-order valence-electron chi connectivity index (χ2n) is 14.6. The number of hydrogen-bond donors (Lipinski definition) is 6. The van der Waals surface area contributed by atoms with Gasteiger partial charge in [-0.3, -0.25) is 0 Å². The van der Waals surface area contributed by atoms with Gasteiger partial charge in [-0.1, -0.05) is 18.2 Å². The van der Waals surface area contributed by atoms with Gasteiger partial charge in [0.15, 0.2) is 46.6 Å². The van der Waals surface area contributed by atoms with Gasteiger partial charge in [0, 0.05) is 35.3 Å². The molecule has 8 rings (SSSR count). The molecule has 5 aromatic heterocycles. The number of hydrogen-bond acceptors (Lipinski definition) is 15. The molecule has 0 amide bonds. The third kappa shape index (κ3) is 11.2. The average Bonchev–Trinajstić information content (AvgIpc) is 4.21. The summed E-state index contributed by atoms with van der Waals surface area (Å²) in [5, 5.41) is 20.6. The van der Waals surface area contributed by atoms with Crippen molar-refractivity contribution < 1.29 is 72.1 Å². The number of methoxy groups -OCH3 is 2. The number of aromatic carboxylic acids is 1. The normalized spacial score (nSPS) is 11.5. The smallest absolute Gasteiger partial charge is 0.355 e. The molecule has 0 saturated heterocycles. The van der Waals surface area contributed by atoms with Crippen molar-refractivity contribution in [3.63, 3.8) is 0 Å². The number of carbonyl (C=O) groups is 3. The Morgan fingerprint density at radius 3 is 1.59 bits per heavy atom. The van der Waals surface area contributed by atoms with Gasteiger partial charge in [0.1, 0.15) is 28.6 Å². The van der Waals surface area contributed by atoms with E-state index in [1.165, 1.54) is 42.6 Å². The quantitative estimate of drug-likeness (QED) is 0.0270. The number of carboxylic acids is 1. The molecule has 0 fully saturated rings. The maximum absolute atomic E-state index is 14.1. The number of aromatic nitrogens is 9. The van der Waals surface area contributed by atoms with Crippen LogP contribution in [-0.4, -0.2) is 115 Å². The zero-order chi connectivity index (χ0) is 54.6. The maximum atomic E-state index is 14.1. The highest BCUT2D eigenvalue weighted by Gasteiger charge is 2.26. The first kappa shape index (κ1) is 54.0. The minimum absolute atomic E-state index is 0.0113. The third-order valence-electron chi connectivity index (χ3n) is 9.77. The fourth-order valence-electron chi connectivity index (χ4n) is 6.48. The summed E-state index contributed by atoms with van der Waals surface area (Å²) in [6, 6.07) is 13.4. The molecule has 32 heteroatoms. The Bertz CT molecular complexity index is 3870. The first-order valence-corrected chi connectivity index (χ1v) is 23.7. The van der Waals surface area contributed by atoms with E-state index in [1.807, 2.05) is 0 Å². The van der Waals surface area contributed by atoms with Crippen molar-refractivity contribution in [2.24, 2.45) is 10.8 Å². The molecule has 74 heavy (non-hydrogen) atoms. The molecule has 0 spiro atoms. The molecule has 7 N–H and O–H groups in total. The van der Waals surface area contributed by atoms with Crippen molar-refractivity contribution in [1.82, 2.24) is 47.9 Å². The molecule has 0 unspecified atom stereocenters. The lowest BCUT2D eigenvalue weighted by atomic mass is 10.2. The minimum Gasteiger partial charge on any atom is -0.477 e. The number of esters is 2. The van der Waals surface area contributed by atoms with Gasteiger partial charge in [0.2, 0.25) is 20.0 Å². The summed E-state index contributed by atoms with van der Waals surface area (Å²) in [7, 11) is -5.60. The van der Waals surface area contributed by atoms with Crippen LogP contribution in [0.3, 0.4) is 0 Å². The van der Waals surface area contributed by atoms with Gasteiger partial charge in [-0.25, -0.2) is 105 Å². The van der Waals surface area contributed by atoms with Crippen molar-refractivity contribution in [3.05, 3.63) is 170 Å². The van der Waals surface area contributed by atoms with E-state index in [-0.39, 0.29) is 62.6 Å². The summed E-state index contributed by atoms with van der Waals surface area (Å²) in [5.74, 6) is -5.28. The van der Waals surface area contributed by atoms with Crippen LogP contribution in [0.25, 0.3) is 34.2 Å². The van der Waals surface area contributed by atoms with Crippen molar-refractivity contribution in [3.8, 4) is 34.2 Å². The molecule has 0 radical (unpaired) electrons. The van der Waals surface area contributed by atoms with Crippen LogP contribution in [0.1, 0.15) is 37.0 Å². The van der Waals surface area contributed by atoms with Crippen LogP contribution in [0.15, 0.2) is 106 Å². The highest BCUT2D eigenvalue weighted by Crippen LogP contribution is 2.27. The number of benzene rings is 3. The number of carbonyl (C=O) groups excluding carboxylic acids is 2. The number of H-pyrrole nitrogens is 3. The van der Waals surface area contributed by atoms with E-state index in [1.54, 1.807) is 0 Å². The SMILES string of the molecule is COC(=O)c1cc(-c2n[nH]c(=O)n2-c2cccc(F)c2F)cn1S(C)(=O)=O.COC(=O)c1cc(C(=Nc2cccc(F)c2F)NN)cn1S(C)(=O)=O.O=C(O)c1cc(-c2n[nH]c(=O)n2-c2cccc(F)c2F)c[nH]1. The molecule has 0 aliphatic carbocycles. The summed E-state index contributed by atoms with van der Waals surface area (Å²) in [5.41, 5.74) is -1.13. The zero-order valence-corrected chi connectivity index (χ0v) is 39.5. The van der Waals surface area contributed by atoms with E-state index in [0.717, 1.165) is 84.7 Å². The predicted molar refractivity (Wildman–Crippen MR) is 246 cm³/mol. The number of nitrogens with one attached hydrogen (secondary N) is 4. The second kappa shape index (κ2) is 21.6. The number of halogens is 6. The summed E-state index contributed by atoms with van der Waals surface area (Å²) in [6.45, 7) is 0. The number of aliphatic imine (C=N–C) groups is 1. The Balaban J connectivity index is 0.000000182. The van der Waals surface area contributed by atoms with Crippen LogP contribution >= 0.6 is 0 Å². The van der Waals surface area contributed by atoms with Gasteiger partial charge in [-0.2, -0.15) is 10.2 Å². The standard InChI is InChI=1S/C15H12F2N4O5S.C14H14F2N4O4S.C13H8F2N4O3/c1-26-14(22)11-6-8(7-20(11)27(2,24)25)13-18-19-15(23)21(13)10-5-3-4-9(16)12(10)17;1-24-14(21)11-6-8(7-20(11)25(2,22)23)13(19-17)18-10-5-3-4-9(15)12(10)16;14-7-2-1-3-9(10(7)15)19-11(17-18-13(19)22)6-4-8(12(20)21)16-5-6/h3-7H,1-2H3,(H,19,23);3-7H,17H2,1-2H3,(H,18,19);1-5,16H,(H,18,22)(H,20,21). The van der Waals surface area contributed by atoms with Crippen LogP contribution in [0.4, 0.5) is 32.0 Å². The predicted octanol–water partition coefficient (Wildman–Crippen LogP) is 3.34. The third-order valence-corrected chi connectivity index (χ3v) is 11.8. The summed E-state index contributed by atoms with van der Waals surface area (Å²) < 4.78 is 141. The van der Waals surface area contributed by atoms with E-state index >= 15 is 0 Å². The lowest BCUT2D eigenvalue weighted by Gasteiger charge is -2.06. The fourth-order valence-corrected chi connectivity index (χ4v) is 8.06. The molecule has 5 heterocycles. The molecular formula is C42H34F6N12O12S2. The lowest BCUT2D eigenvalue weighted by molar-refractivity contribution is 0.0584. The van der Waals surface area contributed by atoms with Gasteiger partial charge < -0.3 is 25.0 Å². The number of hydrazine groups is 1. The molecule has 0 bridgehead atoms. The molecule has 3 aromatic carbocycles. The summed E-state index contributed by atoms with van der Waals surface area (Å²) in [4.78, 5) is 64.7. The summed E-state index contributed by atoms with van der Waals surface area (Å²) in [6.07, 6.45) is 5.10. The molecule has 24 nitrogen and oxygen atoms in total. The Hall–Kier alpha value is -9.30. The number of aromatic amines is 3. The Kier molecular flexibility index (Phi) is 15.8. The first-order chi connectivity index (χ1) is 34.8. The highest BCUT2D eigenvalue weighted by molar-refractivity contribution is 7.89.